The summed E-state index contributed by atoms with van der Waals surface area (Å²) in [6.45, 7) is -2.67. The van der Waals surface area contributed by atoms with Crippen LogP contribution in [0.3, 0.4) is 0 Å². The van der Waals surface area contributed by atoms with Gasteiger partial charge in [0.05, 0.1) is 6.07 Å². The van der Waals surface area contributed by atoms with Crippen LogP contribution in [0, 0.1) is 0 Å². The van der Waals surface area contributed by atoms with Crippen LogP contribution >= 0.6 is 0 Å². The van der Waals surface area contributed by atoms with Crippen LogP contribution in [-0.2, 0) is 6.61 Å². The summed E-state index contributed by atoms with van der Waals surface area (Å²) in [5, 5.41) is 6.17. The van der Waals surface area contributed by atoms with Crippen LogP contribution in [0.25, 0.3) is 0 Å². The standard InChI is InChI=1S/C18H14F2N2O4/c19-18(20)25-14-8-4-7-13(9-14)21-17(23)15-10-16(22-26-15)24-11-12-5-2-1-3-6-12/h1-10,18H,11H2,(H,21,23). The summed E-state index contributed by atoms with van der Waals surface area (Å²) in [6.07, 6.45) is 0. The molecule has 1 amide bonds. The molecule has 3 aromatic rings. The number of carbonyl (C=O) groups excluding carboxylic acids is 1. The number of amides is 1. The van der Waals surface area contributed by atoms with Gasteiger partial charge in [-0.25, -0.2) is 0 Å². The van der Waals surface area contributed by atoms with Crippen LogP contribution in [0.5, 0.6) is 11.6 Å². The molecule has 0 radical (unpaired) electrons. The first-order valence-electron chi connectivity index (χ1n) is 7.60. The van der Waals surface area contributed by atoms with Crippen molar-refractivity contribution in [2.45, 2.75) is 13.2 Å². The lowest BCUT2D eigenvalue weighted by molar-refractivity contribution is -0.0497. The van der Waals surface area contributed by atoms with Crippen molar-refractivity contribution in [3.8, 4) is 11.6 Å². The molecular weight excluding hydrogens is 346 g/mol. The molecule has 0 unspecified atom stereocenters. The Morgan fingerprint density at radius 2 is 1.92 bits per heavy atom. The van der Waals surface area contributed by atoms with Gasteiger partial charge in [0.1, 0.15) is 12.4 Å². The Morgan fingerprint density at radius 3 is 2.69 bits per heavy atom. The van der Waals surface area contributed by atoms with E-state index in [4.69, 9.17) is 9.26 Å². The number of anilines is 1. The number of rotatable bonds is 7. The lowest BCUT2D eigenvalue weighted by Gasteiger charge is -2.07. The summed E-state index contributed by atoms with van der Waals surface area (Å²) in [7, 11) is 0. The van der Waals surface area contributed by atoms with Crippen molar-refractivity contribution < 1.29 is 27.6 Å². The summed E-state index contributed by atoms with van der Waals surface area (Å²) in [6, 6.07) is 16.4. The van der Waals surface area contributed by atoms with Gasteiger partial charge in [-0.3, -0.25) is 4.79 Å². The minimum absolute atomic E-state index is 0.0674. The molecule has 1 N–H and O–H groups in total. The Labute approximate surface area is 147 Å². The summed E-state index contributed by atoms with van der Waals surface area (Å²) in [5.41, 5.74) is 1.22. The smallest absolute Gasteiger partial charge is 0.387 e. The molecule has 0 bridgehead atoms. The van der Waals surface area contributed by atoms with Crippen molar-refractivity contribution in [3.63, 3.8) is 0 Å². The maximum Gasteiger partial charge on any atom is 0.387 e. The van der Waals surface area contributed by atoms with Crippen LogP contribution in [0.15, 0.2) is 65.2 Å². The van der Waals surface area contributed by atoms with Gasteiger partial charge in [0.2, 0.25) is 5.76 Å². The molecule has 134 valence electrons. The van der Waals surface area contributed by atoms with Gasteiger partial charge in [-0.15, -0.1) is 0 Å². The highest BCUT2D eigenvalue weighted by Crippen LogP contribution is 2.21. The van der Waals surface area contributed by atoms with E-state index in [1.54, 1.807) is 0 Å². The van der Waals surface area contributed by atoms with E-state index in [9.17, 15) is 13.6 Å². The zero-order chi connectivity index (χ0) is 18.4. The van der Waals surface area contributed by atoms with Crippen molar-refractivity contribution in [3.05, 3.63) is 72.0 Å². The van der Waals surface area contributed by atoms with Gasteiger partial charge in [0.15, 0.2) is 0 Å². The van der Waals surface area contributed by atoms with E-state index < -0.39 is 12.5 Å². The molecule has 0 aliphatic heterocycles. The minimum Gasteiger partial charge on any atom is -0.471 e. The zero-order valence-electron chi connectivity index (χ0n) is 13.4. The second-order valence-electron chi connectivity index (χ2n) is 5.16. The van der Waals surface area contributed by atoms with Crippen LogP contribution in [-0.4, -0.2) is 17.7 Å². The third-order valence-corrected chi connectivity index (χ3v) is 3.26. The Hall–Kier alpha value is -3.42. The molecule has 0 saturated heterocycles. The number of ether oxygens (including phenoxy) is 2. The number of hydrogen-bond acceptors (Lipinski definition) is 5. The summed E-state index contributed by atoms with van der Waals surface area (Å²) in [4.78, 5) is 12.1. The quantitative estimate of drug-likeness (QED) is 0.686. The number of hydrogen-bond donors (Lipinski definition) is 1. The van der Waals surface area contributed by atoms with E-state index in [1.165, 1.54) is 30.3 Å². The Kier molecular flexibility index (Phi) is 5.43. The van der Waals surface area contributed by atoms with E-state index >= 15 is 0 Å². The maximum absolute atomic E-state index is 12.2. The fourth-order valence-corrected chi connectivity index (χ4v) is 2.11. The number of nitrogens with one attached hydrogen (secondary N) is 1. The van der Waals surface area contributed by atoms with Crippen LogP contribution < -0.4 is 14.8 Å². The SMILES string of the molecule is O=C(Nc1cccc(OC(F)F)c1)c1cc(OCc2ccccc2)no1. The molecular formula is C18H14F2N2O4. The predicted octanol–water partition coefficient (Wildman–Crippen LogP) is 4.11. The first kappa shape index (κ1) is 17.4. The second-order valence-corrected chi connectivity index (χ2v) is 5.16. The lowest BCUT2D eigenvalue weighted by Crippen LogP contribution is -2.11. The molecule has 6 nitrogen and oxygen atoms in total. The van der Waals surface area contributed by atoms with E-state index in [1.807, 2.05) is 30.3 Å². The molecule has 2 aromatic carbocycles. The normalized spacial score (nSPS) is 10.6. The second kappa shape index (κ2) is 8.11. The Morgan fingerprint density at radius 1 is 1.12 bits per heavy atom. The molecule has 0 fully saturated rings. The topological polar surface area (TPSA) is 73.6 Å². The molecule has 0 aliphatic rings. The van der Waals surface area contributed by atoms with Gasteiger partial charge in [-0.2, -0.15) is 8.78 Å². The number of halogens is 2. The van der Waals surface area contributed by atoms with E-state index in [0.717, 1.165) is 5.56 Å². The van der Waals surface area contributed by atoms with Gasteiger partial charge in [-0.05, 0) is 22.9 Å². The van der Waals surface area contributed by atoms with Gasteiger partial charge in [0, 0.05) is 11.8 Å². The number of benzene rings is 2. The maximum atomic E-state index is 12.2. The van der Waals surface area contributed by atoms with Crippen LogP contribution in [0.2, 0.25) is 0 Å². The number of aromatic nitrogens is 1. The Bertz CT molecular complexity index is 868. The first-order valence-corrected chi connectivity index (χ1v) is 7.60. The fraction of sp³-hybridized carbons (Fsp3) is 0.111. The molecule has 1 aromatic heterocycles. The van der Waals surface area contributed by atoms with Crippen molar-refractivity contribution in [1.29, 1.82) is 0 Å². The molecule has 0 spiro atoms. The molecule has 0 saturated carbocycles. The lowest BCUT2D eigenvalue weighted by atomic mass is 10.2. The van der Waals surface area contributed by atoms with E-state index in [2.05, 4.69) is 15.2 Å². The molecule has 1 heterocycles. The monoisotopic (exact) mass is 360 g/mol. The molecule has 0 aliphatic carbocycles. The van der Waals surface area contributed by atoms with Gasteiger partial charge in [0.25, 0.3) is 11.8 Å². The highest BCUT2D eigenvalue weighted by atomic mass is 19.3. The number of nitrogens with zero attached hydrogens (tertiary/aromatic N) is 1. The highest BCUT2D eigenvalue weighted by molar-refractivity contribution is 6.02. The average molecular weight is 360 g/mol. The zero-order valence-corrected chi connectivity index (χ0v) is 13.4. The average Bonchev–Trinajstić information content (AvgIpc) is 3.10. The molecule has 0 atom stereocenters. The van der Waals surface area contributed by atoms with Gasteiger partial charge >= 0.3 is 6.61 Å². The summed E-state index contributed by atoms with van der Waals surface area (Å²) in [5.74, 6) is -0.578. The predicted molar refractivity (Wildman–Crippen MR) is 88.3 cm³/mol. The van der Waals surface area contributed by atoms with Gasteiger partial charge in [-0.1, -0.05) is 36.4 Å². The number of alkyl halides is 2. The summed E-state index contributed by atoms with van der Waals surface area (Å²) >= 11 is 0. The molecule has 26 heavy (non-hydrogen) atoms. The third kappa shape index (κ3) is 4.79. The third-order valence-electron chi connectivity index (χ3n) is 3.26. The van der Waals surface area contributed by atoms with E-state index in [-0.39, 0.29) is 29.7 Å². The molecule has 3 rings (SSSR count). The van der Waals surface area contributed by atoms with Crippen molar-refractivity contribution in [2.75, 3.05) is 5.32 Å². The van der Waals surface area contributed by atoms with Crippen molar-refractivity contribution in [1.82, 2.24) is 5.16 Å². The first-order chi connectivity index (χ1) is 12.6. The largest absolute Gasteiger partial charge is 0.471 e. The van der Waals surface area contributed by atoms with Gasteiger partial charge < -0.3 is 19.3 Å². The van der Waals surface area contributed by atoms with Crippen molar-refractivity contribution in [2.24, 2.45) is 0 Å². The Balaban J connectivity index is 1.59. The van der Waals surface area contributed by atoms with Crippen molar-refractivity contribution >= 4 is 11.6 Å². The minimum atomic E-state index is -2.94. The van der Waals surface area contributed by atoms with Crippen LogP contribution in [0.4, 0.5) is 14.5 Å². The fourth-order valence-electron chi connectivity index (χ4n) is 2.11. The van der Waals surface area contributed by atoms with Crippen LogP contribution in [0.1, 0.15) is 16.1 Å². The highest BCUT2D eigenvalue weighted by Gasteiger charge is 2.15. The number of carbonyl (C=O) groups is 1. The molecule has 8 heteroatoms. The summed E-state index contributed by atoms with van der Waals surface area (Å²) < 4.78 is 39.1. The van der Waals surface area contributed by atoms with E-state index in [0.29, 0.717) is 0 Å².